The van der Waals surface area contributed by atoms with E-state index >= 15 is 0 Å². The molecule has 0 aliphatic carbocycles. The normalized spacial score (nSPS) is 10.4. The molecule has 0 saturated carbocycles. The summed E-state index contributed by atoms with van der Waals surface area (Å²) in [5.74, 6) is 0. The van der Waals surface area contributed by atoms with Gasteiger partial charge in [-0.25, -0.2) is 0 Å². The van der Waals surface area contributed by atoms with Crippen LogP contribution >= 0.6 is 0 Å². The molecule has 3 nitrogen and oxygen atoms in total. The van der Waals surface area contributed by atoms with Gasteiger partial charge in [-0.05, 0) is 0 Å². The second-order valence-electron chi connectivity index (χ2n) is 1.32. The van der Waals surface area contributed by atoms with E-state index in [4.69, 9.17) is 18.1 Å². The number of hydrogen-bond acceptors (Lipinski definition) is 3. The van der Waals surface area contributed by atoms with E-state index in [2.05, 4.69) is 4.74 Å². The zero-order valence-electron chi connectivity index (χ0n) is 4.58. The van der Waals surface area contributed by atoms with Gasteiger partial charge in [0.25, 0.3) is 0 Å². The van der Waals surface area contributed by atoms with Gasteiger partial charge in [0, 0.05) is 6.51 Å². The highest BCUT2D eigenvalue weighted by atomic mass is 16.5. The Labute approximate surface area is 49.7 Å². The molecule has 0 amide bonds. The maximum Gasteiger partial charge on any atom is 0.104 e. The first-order valence-corrected chi connectivity index (χ1v) is 2.38. The second-order valence-corrected chi connectivity index (χ2v) is 1.32. The lowest BCUT2D eigenvalue weighted by atomic mass is 10.2. The van der Waals surface area contributed by atoms with Crippen molar-refractivity contribution in [2.24, 2.45) is 0 Å². The molecule has 0 aromatic carbocycles. The standard InChI is InChI=1S/C4H9BO3/c5-3-8-4(1-6)2-7/h4,6-7H,1-3H2. The van der Waals surface area contributed by atoms with Crippen molar-refractivity contribution < 1.29 is 14.9 Å². The molecule has 0 aliphatic heterocycles. The average molecular weight is 116 g/mol. The molecule has 0 saturated heterocycles. The summed E-state index contributed by atoms with van der Waals surface area (Å²) in [5.41, 5.74) is 0. The van der Waals surface area contributed by atoms with Gasteiger partial charge in [0.15, 0.2) is 0 Å². The van der Waals surface area contributed by atoms with Crippen LogP contribution in [-0.4, -0.2) is 43.9 Å². The predicted molar refractivity (Wildman–Crippen MR) is 29.7 cm³/mol. The molecule has 0 heterocycles. The van der Waals surface area contributed by atoms with Crippen molar-refractivity contribution in [3.63, 3.8) is 0 Å². The van der Waals surface area contributed by atoms with Crippen LogP contribution in [-0.2, 0) is 4.74 Å². The molecule has 46 valence electrons. The van der Waals surface area contributed by atoms with Crippen LogP contribution < -0.4 is 0 Å². The van der Waals surface area contributed by atoms with Crippen LogP contribution in [0.3, 0.4) is 0 Å². The van der Waals surface area contributed by atoms with E-state index in [1.54, 1.807) is 0 Å². The van der Waals surface area contributed by atoms with Crippen LogP contribution in [0.15, 0.2) is 0 Å². The quantitative estimate of drug-likeness (QED) is 0.438. The molecule has 8 heavy (non-hydrogen) atoms. The van der Waals surface area contributed by atoms with E-state index in [1.807, 2.05) is 0 Å². The van der Waals surface area contributed by atoms with Gasteiger partial charge in [0.1, 0.15) is 14.0 Å². The summed E-state index contributed by atoms with van der Waals surface area (Å²) < 4.78 is 4.62. The molecule has 0 fully saturated rings. The predicted octanol–water partition coefficient (Wildman–Crippen LogP) is -1.52. The summed E-state index contributed by atoms with van der Waals surface area (Å²) in [6.45, 7) is -0.340. The third-order valence-corrected chi connectivity index (χ3v) is 0.739. The molecule has 0 atom stereocenters. The Morgan fingerprint density at radius 3 is 2.00 bits per heavy atom. The largest absolute Gasteiger partial charge is 0.394 e. The highest BCUT2D eigenvalue weighted by Crippen LogP contribution is 1.85. The van der Waals surface area contributed by atoms with Crippen LogP contribution in [0.2, 0.25) is 0 Å². The fraction of sp³-hybridized carbons (Fsp3) is 1.00. The molecule has 0 aromatic rings. The number of aliphatic hydroxyl groups is 2. The Balaban J connectivity index is 3.07. The summed E-state index contributed by atoms with van der Waals surface area (Å²) in [6, 6.07) is 0. The third kappa shape index (κ3) is 3.01. The smallest absolute Gasteiger partial charge is 0.104 e. The lowest BCUT2D eigenvalue weighted by molar-refractivity contribution is 0.000231. The van der Waals surface area contributed by atoms with Gasteiger partial charge in [-0.1, -0.05) is 0 Å². The fourth-order valence-electron chi connectivity index (χ4n) is 0.299. The summed E-state index contributed by atoms with van der Waals surface area (Å²) in [7, 11) is 4.94. The molecule has 0 unspecified atom stereocenters. The van der Waals surface area contributed by atoms with Gasteiger partial charge in [0.2, 0.25) is 0 Å². The van der Waals surface area contributed by atoms with Gasteiger partial charge < -0.3 is 14.9 Å². The maximum absolute atomic E-state index is 8.32. The third-order valence-electron chi connectivity index (χ3n) is 0.739. The monoisotopic (exact) mass is 116 g/mol. The number of aliphatic hydroxyl groups excluding tert-OH is 2. The van der Waals surface area contributed by atoms with Crippen molar-refractivity contribution in [3.05, 3.63) is 0 Å². The van der Waals surface area contributed by atoms with Crippen molar-refractivity contribution >= 4 is 7.85 Å². The second kappa shape index (κ2) is 5.09. The lowest BCUT2D eigenvalue weighted by Gasteiger charge is -2.09. The molecule has 0 spiro atoms. The summed E-state index contributed by atoms with van der Waals surface area (Å²) >= 11 is 0. The molecule has 0 aliphatic rings. The van der Waals surface area contributed by atoms with E-state index in [-0.39, 0.29) is 19.7 Å². The molecule has 2 N–H and O–H groups in total. The summed E-state index contributed by atoms with van der Waals surface area (Å²) in [4.78, 5) is 0. The van der Waals surface area contributed by atoms with Crippen molar-refractivity contribution in [2.45, 2.75) is 6.10 Å². The summed E-state index contributed by atoms with van der Waals surface area (Å²) in [5, 5.41) is 16.6. The molecule has 4 heteroatoms. The highest BCUT2D eigenvalue weighted by molar-refractivity contribution is 6.08. The first kappa shape index (κ1) is 7.94. The van der Waals surface area contributed by atoms with E-state index in [9.17, 15) is 0 Å². The Morgan fingerprint density at radius 1 is 1.38 bits per heavy atom. The molecular formula is C4H9BO3. The Hall–Kier alpha value is -0.0551. The van der Waals surface area contributed by atoms with Crippen molar-refractivity contribution in [3.8, 4) is 0 Å². The lowest BCUT2D eigenvalue weighted by Crippen LogP contribution is -2.22. The Bertz CT molecular complexity index is 46.5. The molecule has 2 radical (unpaired) electrons. The first-order chi connectivity index (χ1) is 3.85. The van der Waals surface area contributed by atoms with E-state index < -0.39 is 6.10 Å². The fourth-order valence-corrected chi connectivity index (χ4v) is 0.299. The highest BCUT2D eigenvalue weighted by Gasteiger charge is 2.01. The van der Waals surface area contributed by atoms with Crippen LogP contribution in [0.25, 0.3) is 0 Å². The zero-order valence-corrected chi connectivity index (χ0v) is 4.58. The van der Waals surface area contributed by atoms with Gasteiger partial charge in [-0.15, -0.1) is 0 Å². The van der Waals surface area contributed by atoms with Crippen LogP contribution in [0.4, 0.5) is 0 Å². The molecule has 0 rings (SSSR count). The maximum atomic E-state index is 8.32. The van der Waals surface area contributed by atoms with Crippen molar-refractivity contribution in [1.29, 1.82) is 0 Å². The Kier molecular flexibility index (Phi) is 5.05. The van der Waals surface area contributed by atoms with Crippen molar-refractivity contribution in [1.82, 2.24) is 0 Å². The van der Waals surface area contributed by atoms with Gasteiger partial charge in [0.05, 0.1) is 13.2 Å². The van der Waals surface area contributed by atoms with Gasteiger partial charge in [-0.2, -0.15) is 0 Å². The van der Waals surface area contributed by atoms with Crippen molar-refractivity contribution in [2.75, 3.05) is 19.7 Å². The van der Waals surface area contributed by atoms with E-state index in [0.717, 1.165) is 0 Å². The molecular weight excluding hydrogens is 107 g/mol. The van der Waals surface area contributed by atoms with E-state index in [0.29, 0.717) is 0 Å². The summed E-state index contributed by atoms with van der Waals surface area (Å²) in [6.07, 6.45) is -0.514. The van der Waals surface area contributed by atoms with Gasteiger partial charge >= 0.3 is 0 Å². The Morgan fingerprint density at radius 2 is 1.88 bits per heavy atom. The van der Waals surface area contributed by atoms with Crippen LogP contribution in [0.5, 0.6) is 0 Å². The minimum atomic E-state index is -0.514. The molecule has 0 aromatic heterocycles. The number of ether oxygens (including phenoxy) is 1. The van der Waals surface area contributed by atoms with Crippen LogP contribution in [0, 0.1) is 0 Å². The zero-order chi connectivity index (χ0) is 6.41. The topological polar surface area (TPSA) is 49.7 Å². The minimum absolute atomic E-state index is 0.0335. The van der Waals surface area contributed by atoms with E-state index in [1.165, 1.54) is 0 Å². The number of rotatable bonds is 4. The molecule has 0 bridgehead atoms. The first-order valence-electron chi connectivity index (χ1n) is 2.38. The average Bonchev–Trinajstić information content (AvgIpc) is 1.83. The minimum Gasteiger partial charge on any atom is -0.394 e. The van der Waals surface area contributed by atoms with Gasteiger partial charge in [-0.3, -0.25) is 0 Å². The SMILES string of the molecule is [B]COC(CO)CO. The number of hydrogen-bond donors (Lipinski definition) is 2. The van der Waals surface area contributed by atoms with Crippen LogP contribution in [0.1, 0.15) is 0 Å².